The number of hydrogen-bond acceptors (Lipinski definition) is 4. The normalized spacial score (nSPS) is 11.0. The first kappa shape index (κ1) is 9.74. The van der Waals surface area contributed by atoms with Gasteiger partial charge in [-0.3, -0.25) is 13.7 Å². The van der Waals surface area contributed by atoms with E-state index < -0.39 is 0 Å². The lowest BCUT2D eigenvalue weighted by molar-refractivity contribution is 0.867. The summed E-state index contributed by atoms with van der Waals surface area (Å²) >= 11 is 3.08. The van der Waals surface area contributed by atoms with Crippen molar-refractivity contribution in [2.24, 2.45) is 0 Å². The van der Waals surface area contributed by atoms with Gasteiger partial charge in [-0.25, -0.2) is 0 Å². The fourth-order valence-corrected chi connectivity index (χ4v) is 3.26. The Morgan fingerprint density at radius 2 is 2.19 bits per heavy atom. The first-order valence-electron chi connectivity index (χ1n) is 4.81. The van der Waals surface area contributed by atoms with Crippen LogP contribution < -0.4 is 5.56 Å². The topological polar surface area (TPSA) is 34.9 Å². The van der Waals surface area contributed by atoms with Crippen LogP contribution in [0.3, 0.4) is 0 Å². The quantitative estimate of drug-likeness (QED) is 0.698. The van der Waals surface area contributed by atoms with Gasteiger partial charge in [0, 0.05) is 11.1 Å². The van der Waals surface area contributed by atoms with Crippen molar-refractivity contribution in [3.05, 3.63) is 51.2 Å². The lowest BCUT2D eigenvalue weighted by atomic mass is 10.3. The Balaban J connectivity index is 2.11. The Kier molecular flexibility index (Phi) is 2.34. The molecule has 0 unspecified atom stereocenters. The average Bonchev–Trinajstić information content (AvgIpc) is 2.90. The number of aromatic nitrogens is 2. The number of nitrogens with zero attached hydrogens (tertiary/aromatic N) is 2. The van der Waals surface area contributed by atoms with Crippen LogP contribution in [0.4, 0.5) is 0 Å². The molecule has 3 aromatic rings. The molecular weight excluding hydrogens is 240 g/mol. The molecule has 0 aliphatic heterocycles. The van der Waals surface area contributed by atoms with Crippen molar-refractivity contribution in [1.82, 2.24) is 8.94 Å². The van der Waals surface area contributed by atoms with Crippen LogP contribution in [0.25, 0.3) is 10.1 Å². The zero-order chi connectivity index (χ0) is 11.0. The Morgan fingerprint density at radius 3 is 2.94 bits per heavy atom. The van der Waals surface area contributed by atoms with Crippen LogP contribution >= 0.6 is 22.9 Å². The lowest BCUT2D eigenvalue weighted by Gasteiger charge is -1.94. The van der Waals surface area contributed by atoms with Crippen molar-refractivity contribution in [2.45, 2.75) is 6.54 Å². The molecule has 0 saturated heterocycles. The second kappa shape index (κ2) is 3.84. The molecule has 0 amide bonds. The molecule has 80 valence electrons. The molecule has 0 fully saturated rings. The van der Waals surface area contributed by atoms with E-state index in [1.807, 2.05) is 30.5 Å². The third-order valence-corrected chi connectivity index (χ3v) is 4.17. The summed E-state index contributed by atoms with van der Waals surface area (Å²) in [5, 5.41) is 0.803. The molecule has 0 N–H and O–H groups in total. The van der Waals surface area contributed by atoms with E-state index in [9.17, 15) is 4.79 Å². The molecule has 1 aromatic carbocycles. The smallest absolute Gasteiger partial charge is 0.268 e. The SMILES string of the molecule is O=c1c2ccccc2sn1Cc1cncs1. The van der Waals surface area contributed by atoms with Crippen LogP contribution in [0.15, 0.2) is 40.8 Å². The minimum Gasteiger partial charge on any atom is -0.268 e. The van der Waals surface area contributed by atoms with Crippen LogP contribution in [0.2, 0.25) is 0 Å². The fourth-order valence-electron chi connectivity index (χ4n) is 1.58. The third-order valence-electron chi connectivity index (χ3n) is 2.34. The number of benzene rings is 1. The minimum atomic E-state index is 0.0917. The maximum absolute atomic E-state index is 12.0. The molecule has 0 aliphatic rings. The number of rotatable bonds is 2. The summed E-state index contributed by atoms with van der Waals surface area (Å²) in [6.45, 7) is 0.628. The summed E-state index contributed by atoms with van der Waals surface area (Å²) in [5.74, 6) is 0. The molecule has 0 aliphatic carbocycles. The van der Waals surface area contributed by atoms with Crippen molar-refractivity contribution in [3.8, 4) is 0 Å². The highest BCUT2D eigenvalue weighted by Gasteiger charge is 2.07. The molecule has 3 nitrogen and oxygen atoms in total. The Bertz CT molecular complexity index is 667. The van der Waals surface area contributed by atoms with Gasteiger partial charge in [-0.05, 0) is 12.1 Å². The molecule has 2 aromatic heterocycles. The third kappa shape index (κ3) is 1.58. The van der Waals surface area contributed by atoms with E-state index in [1.165, 1.54) is 11.5 Å². The molecular formula is C11H8N2OS2. The van der Waals surface area contributed by atoms with Gasteiger partial charge in [0.1, 0.15) is 0 Å². The standard InChI is InChI=1S/C11H8N2OS2/c14-11-9-3-1-2-4-10(9)16-13(11)6-8-5-12-7-15-8/h1-5,7H,6H2. The van der Waals surface area contributed by atoms with Crippen molar-refractivity contribution in [2.75, 3.05) is 0 Å². The van der Waals surface area contributed by atoms with Gasteiger partial charge in [-0.2, -0.15) is 0 Å². The van der Waals surface area contributed by atoms with Crippen LogP contribution in [0, 0.1) is 0 Å². The highest BCUT2D eigenvalue weighted by Crippen LogP contribution is 2.17. The monoisotopic (exact) mass is 248 g/mol. The fraction of sp³-hybridized carbons (Fsp3) is 0.0909. The zero-order valence-corrected chi connectivity index (χ0v) is 9.92. The molecule has 3 rings (SSSR count). The van der Waals surface area contributed by atoms with Gasteiger partial charge in [0.2, 0.25) is 0 Å². The highest BCUT2D eigenvalue weighted by atomic mass is 32.1. The van der Waals surface area contributed by atoms with Gasteiger partial charge in [0.15, 0.2) is 0 Å². The van der Waals surface area contributed by atoms with Gasteiger partial charge in [0.25, 0.3) is 5.56 Å². The zero-order valence-electron chi connectivity index (χ0n) is 8.29. The molecule has 0 saturated carbocycles. The van der Waals surface area contributed by atoms with Gasteiger partial charge in [-0.1, -0.05) is 23.7 Å². The molecule has 0 radical (unpaired) electrons. The highest BCUT2D eigenvalue weighted by molar-refractivity contribution is 7.14. The second-order valence-electron chi connectivity index (χ2n) is 3.40. The average molecular weight is 248 g/mol. The van der Waals surface area contributed by atoms with E-state index in [1.54, 1.807) is 20.8 Å². The van der Waals surface area contributed by atoms with Crippen molar-refractivity contribution >= 4 is 33.0 Å². The molecule has 0 spiro atoms. The summed E-state index contributed by atoms with van der Waals surface area (Å²) in [6, 6.07) is 7.70. The van der Waals surface area contributed by atoms with Crippen LogP contribution in [-0.4, -0.2) is 8.94 Å². The molecule has 0 bridgehead atoms. The maximum Gasteiger partial charge on any atom is 0.268 e. The first-order valence-corrected chi connectivity index (χ1v) is 6.46. The van der Waals surface area contributed by atoms with E-state index in [0.717, 1.165) is 15.0 Å². The lowest BCUT2D eigenvalue weighted by Crippen LogP contribution is -2.12. The predicted octanol–water partition coefficient (Wildman–Crippen LogP) is 2.57. The van der Waals surface area contributed by atoms with E-state index in [4.69, 9.17) is 0 Å². The summed E-state index contributed by atoms with van der Waals surface area (Å²) in [4.78, 5) is 17.1. The van der Waals surface area contributed by atoms with E-state index >= 15 is 0 Å². The summed E-state index contributed by atoms with van der Waals surface area (Å²) < 4.78 is 2.81. The Morgan fingerprint density at radius 1 is 1.31 bits per heavy atom. The van der Waals surface area contributed by atoms with Gasteiger partial charge in [0.05, 0.1) is 22.1 Å². The predicted molar refractivity (Wildman–Crippen MR) is 67.3 cm³/mol. The minimum absolute atomic E-state index is 0.0917. The van der Waals surface area contributed by atoms with Gasteiger partial charge >= 0.3 is 0 Å². The largest absolute Gasteiger partial charge is 0.268 e. The first-order chi connectivity index (χ1) is 7.84. The van der Waals surface area contributed by atoms with E-state index in [-0.39, 0.29) is 5.56 Å². The number of fused-ring (bicyclic) bond motifs is 1. The van der Waals surface area contributed by atoms with Crippen molar-refractivity contribution in [1.29, 1.82) is 0 Å². The van der Waals surface area contributed by atoms with Crippen LogP contribution in [0.5, 0.6) is 0 Å². The second-order valence-corrected chi connectivity index (χ2v) is 5.43. The van der Waals surface area contributed by atoms with Crippen LogP contribution in [0.1, 0.15) is 4.88 Å². The van der Waals surface area contributed by atoms with Gasteiger partial charge < -0.3 is 0 Å². The molecule has 2 heterocycles. The van der Waals surface area contributed by atoms with E-state index in [0.29, 0.717) is 6.54 Å². The van der Waals surface area contributed by atoms with Gasteiger partial charge in [-0.15, -0.1) is 11.3 Å². The number of thiazole rings is 1. The molecule has 16 heavy (non-hydrogen) atoms. The van der Waals surface area contributed by atoms with E-state index in [2.05, 4.69) is 4.98 Å². The van der Waals surface area contributed by atoms with Crippen molar-refractivity contribution in [3.63, 3.8) is 0 Å². The Hall–Kier alpha value is -1.46. The summed E-state index contributed by atoms with van der Waals surface area (Å²) in [7, 11) is 0. The van der Waals surface area contributed by atoms with Crippen LogP contribution in [-0.2, 0) is 6.54 Å². The molecule has 5 heteroatoms. The molecule has 0 atom stereocenters. The Labute approximate surface area is 99.8 Å². The maximum atomic E-state index is 12.0. The summed E-state index contributed by atoms with van der Waals surface area (Å²) in [6.07, 6.45) is 1.81. The summed E-state index contributed by atoms with van der Waals surface area (Å²) in [5.41, 5.74) is 1.88. The number of hydrogen-bond donors (Lipinski definition) is 0. The van der Waals surface area contributed by atoms with Crippen molar-refractivity contribution < 1.29 is 0 Å².